The number of likely N-dealkylation sites (tertiary alicyclic amines) is 2. The zero-order chi connectivity index (χ0) is 25.9. The van der Waals surface area contributed by atoms with E-state index in [1.54, 1.807) is 9.96 Å². The summed E-state index contributed by atoms with van der Waals surface area (Å²) in [5, 5.41) is 4.45. The van der Waals surface area contributed by atoms with Gasteiger partial charge in [0.1, 0.15) is 0 Å². The summed E-state index contributed by atoms with van der Waals surface area (Å²) in [7, 11) is 0. The number of amides is 3. The molecule has 3 fully saturated rings. The summed E-state index contributed by atoms with van der Waals surface area (Å²) in [5.41, 5.74) is 0.894. The molecule has 198 valence electrons. The SMILES string of the molecule is CCCC[C@H](NC(=O)OC1CC(C)(C)CN1C(=O)N1CCCC1)C(=O)C1ON1[C@H](C)c1ccccc1. The van der Waals surface area contributed by atoms with E-state index in [4.69, 9.17) is 9.57 Å². The molecule has 3 saturated heterocycles. The Morgan fingerprint density at radius 2 is 1.86 bits per heavy atom. The van der Waals surface area contributed by atoms with Crippen molar-refractivity contribution in [2.75, 3.05) is 19.6 Å². The Balaban J connectivity index is 1.37. The fourth-order valence-electron chi connectivity index (χ4n) is 5.20. The van der Waals surface area contributed by atoms with E-state index < -0.39 is 24.6 Å². The molecule has 3 aliphatic heterocycles. The number of urea groups is 1. The van der Waals surface area contributed by atoms with Crippen molar-refractivity contribution in [1.82, 2.24) is 20.2 Å². The van der Waals surface area contributed by atoms with Gasteiger partial charge in [-0.3, -0.25) is 14.5 Å². The Kier molecular flexibility index (Phi) is 8.20. The molecule has 36 heavy (non-hydrogen) atoms. The van der Waals surface area contributed by atoms with Gasteiger partial charge in [0.05, 0.1) is 12.1 Å². The van der Waals surface area contributed by atoms with E-state index in [1.165, 1.54) is 0 Å². The molecule has 1 aromatic rings. The highest BCUT2D eigenvalue weighted by atomic mass is 16.8. The predicted molar refractivity (Wildman–Crippen MR) is 135 cm³/mol. The lowest BCUT2D eigenvalue weighted by atomic mass is 9.93. The summed E-state index contributed by atoms with van der Waals surface area (Å²) in [6.45, 7) is 10.2. The number of ether oxygens (including phenoxy) is 1. The van der Waals surface area contributed by atoms with E-state index in [9.17, 15) is 14.4 Å². The van der Waals surface area contributed by atoms with Crippen LogP contribution in [0.1, 0.15) is 77.8 Å². The molecule has 0 spiro atoms. The molecule has 4 rings (SSSR count). The van der Waals surface area contributed by atoms with Crippen LogP contribution < -0.4 is 5.32 Å². The van der Waals surface area contributed by atoms with Crippen LogP contribution in [0.5, 0.6) is 0 Å². The van der Waals surface area contributed by atoms with Crippen molar-refractivity contribution in [2.24, 2.45) is 5.41 Å². The minimum atomic E-state index is -0.715. The van der Waals surface area contributed by atoms with Gasteiger partial charge in [-0.2, -0.15) is 0 Å². The number of unbranched alkanes of at least 4 members (excludes halogenated alkanes) is 1. The van der Waals surface area contributed by atoms with Crippen LogP contribution in [0.4, 0.5) is 9.59 Å². The highest BCUT2D eigenvalue weighted by Crippen LogP contribution is 2.36. The second-order valence-corrected chi connectivity index (χ2v) is 11.0. The number of hydrogen-bond acceptors (Lipinski definition) is 6. The monoisotopic (exact) mass is 500 g/mol. The maximum atomic E-state index is 13.3. The van der Waals surface area contributed by atoms with Crippen LogP contribution in [0, 0.1) is 5.41 Å². The number of ketones is 1. The number of carbonyl (C=O) groups excluding carboxylic acids is 3. The fraction of sp³-hybridized carbons (Fsp3) is 0.667. The van der Waals surface area contributed by atoms with Gasteiger partial charge in [0.15, 0.2) is 6.23 Å². The summed E-state index contributed by atoms with van der Waals surface area (Å²) in [5.74, 6) is -0.181. The number of hydrogen-bond donors (Lipinski definition) is 1. The van der Waals surface area contributed by atoms with Gasteiger partial charge in [-0.05, 0) is 37.2 Å². The van der Waals surface area contributed by atoms with Gasteiger partial charge in [-0.1, -0.05) is 63.9 Å². The third-order valence-corrected chi connectivity index (χ3v) is 7.33. The number of alkyl carbamates (subject to hydrolysis) is 1. The lowest BCUT2D eigenvalue weighted by Crippen LogP contribution is -2.49. The van der Waals surface area contributed by atoms with Gasteiger partial charge < -0.3 is 15.0 Å². The van der Waals surface area contributed by atoms with Gasteiger partial charge in [-0.15, -0.1) is 5.06 Å². The Bertz CT molecular complexity index is 933. The molecular weight excluding hydrogens is 460 g/mol. The first-order chi connectivity index (χ1) is 17.2. The van der Waals surface area contributed by atoms with Gasteiger partial charge >= 0.3 is 12.1 Å². The third kappa shape index (κ3) is 6.18. The minimum Gasteiger partial charge on any atom is -0.425 e. The van der Waals surface area contributed by atoms with E-state index in [0.717, 1.165) is 44.3 Å². The summed E-state index contributed by atoms with van der Waals surface area (Å²) < 4.78 is 5.77. The van der Waals surface area contributed by atoms with Crippen molar-refractivity contribution in [3.63, 3.8) is 0 Å². The zero-order valence-corrected chi connectivity index (χ0v) is 21.9. The van der Waals surface area contributed by atoms with Crippen molar-refractivity contribution in [3.05, 3.63) is 35.9 Å². The zero-order valence-electron chi connectivity index (χ0n) is 21.9. The molecule has 1 aromatic carbocycles. The number of nitrogens with zero attached hydrogens (tertiary/aromatic N) is 3. The molecular formula is C27H40N4O5. The first-order valence-electron chi connectivity index (χ1n) is 13.3. The number of nitrogens with one attached hydrogen (secondary N) is 1. The second-order valence-electron chi connectivity index (χ2n) is 11.0. The average Bonchev–Trinajstić information content (AvgIpc) is 3.33. The molecule has 0 radical (unpaired) electrons. The van der Waals surface area contributed by atoms with E-state index in [0.29, 0.717) is 19.4 Å². The smallest absolute Gasteiger partial charge is 0.409 e. The first kappa shape index (κ1) is 26.4. The Hall–Kier alpha value is -2.65. The number of hydroxylamine groups is 2. The minimum absolute atomic E-state index is 0.0774. The third-order valence-electron chi connectivity index (χ3n) is 7.33. The van der Waals surface area contributed by atoms with Crippen LogP contribution in [0.2, 0.25) is 0 Å². The van der Waals surface area contributed by atoms with Crippen molar-refractivity contribution in [2.45, 2.75) is 90.8 Å². The maximum Gasteiger partial charge on any atom is 0.409 e. The molecule has 9 nitrogen and oxygen atoms in total. The Morgan fingerprint density at radius 3 is 2.53 bits per heavy atom. The molecule has 0 saturated carbocycles. The number of rotatable bonds is 9. The number of benzene rings is 1. The van der Waals surface area contributed by atoms with Crippen LogP contribution in [0.3, 0.4) is 0 Å². The summed E-state index contributed by atoms with van der Waals surface area (Å²) in [6, 6.07) is 8.98. The van der Waals surface area contributed by atoms with E-state index in [-0.39, 0.29) is 23.3 Å². The van der Waals surface area contributed by atoms with Crippen LogP contribution in [-0.4, -0.2) is 70.9 Å². The van der Waals surface area contributed by atoms with Gasteiger partial charge in [0.25, 0.3) is 0 Å². The molecule has 3 heterocycles. The summed E-state index contributed by atoms with van der Waals surface area (Å²) in [6.07, 6.45) is 2.72. The van der Waals surface area contributed by atoms with Crippen molar-refractivity contribution >= 4 is 17.9 Å². The van der Waals surface area contributed by atoms with Crippen LogP contribution in [0.15, 0.2) is 30.3 Å². The molecule has 0 bridgehead atoms. The lowest BCUT2D eigenvalue weighted by Gasteiger charge is -2.29. The first-order valence-corrected chi connectivity index (χ1v) is 13.3. The quantitative estimate of drug-likeness (QED) is 0.504. The lowest BCUT2D eigenvalue weighted by molar-refractivity contribution is -0.122. The summed E-state index contributed by atoms with van der Waals surface area (Å²) >= 11 is 0. The topological polar surface area (TPSA) is 94.5 Å². The van der Waals surface area contributed by atoms with Gasteiger partial charge in [0, 0.05) is 26.1 Å². The van der Waals surface area contributed by atoms with Crippen molar-refractivity contribution < 1.29 is 24.0 Å². The molecule has 3 amide bonds. The van der Waals surface area contributed by atoms with Crippen LogP contribution in [0.25, 0.3) is 0 Å². The predicted octanol–water partition coefficient (Wildman–Crippen LogP) is 4.45. The number of carbonyl (C=O) groups is 3. The van der Waals surface area contributed by atoms with Crippen molar-refractivity contribution in [1.29, 1.82) is 0 Å². The second kappa shape index (κ2) is 11.2. The highest BCUT2D eigenvalue weighted by Gasteiger charge is 2.49. The molecule has 5 atom stereocenters. The normalized spacial score (nSPS) is 26.4. The molecule has 3 aliphatic rings. The van der Waals surface area contributed by atoms with Crippen LogP contribution in [-0.2, 0) is 14.4 Å². The van der Waals surface area contributed by atoms with E-state index >= 15 is 0 Å². The molecule has 0 aliphatic carbocycles. The summed E-state index contributed by atoms with van der Waals surface area (Å²) in [4.78, 5) is 48.4. The van der Waals surface area contributed by atoms with Gasteiger partial charge in [-0.25, -0.2) is 9.59 Å². The number of Topliss-reactive ketones (excluding diaryl/α,β-unsaturated/α-hetero) is 1. The Labute approximate surface area is 214 Å². The molecule has 1 N–H and O–H groups in total. The average molecular weight is 501 g/mol. The van der Waals surface area contributed by atoms with E-state index in [1.807, 2.05) is 49.1 Å². The Morgan fingerprint density at radius 1 is 1.17 bits per heavy atom. The highest BCUT2D eigenvalue weighted by molar-refractivity contribution is 5.91. The van der Waals surface area contributed by atoms with Crippen molar-refractivity contribution in [3.8, 4) is 0 Å². The van der Waals surface area contributed by atoms with Crippen LogP contribution >= 0.6 is 0 Å². The van der Waals surface area contributed by atoms with Gasteiger partial charge in [0.2, 0.25) is 12.0 Å². The standard InChI is InChI=1S/C27H40N4O5/c1-5-6-14-21(23(32)24-31(36-24)19(2)20-12-8-7-9-13-20)28-25(33)35-22-17-27(3,4)18-30(22)26(34)29-15-10-11-16-29/h7-9,12-13,19,21-22,24H,5-6,10-11,14-18H2,1-4H3,(H,28,33)/t19-,21+,22?,24?,31?/m1/s1. The molecule has 0 aromatic heterocycles. The molecule has 9 heteroatoms. The maximum absolute atomic E-state index is 13.3. The fourth-order valence-corrected chi connectivity index (χ4v) is 5.20. The largest absolute Gasteiger partial charge is 0.425 e. The molecule has 3 unspecified atom stereocenters. The van der Waals surface area contributed by atoms with E-state index in [2.05, 4.69) is 19.2 Å².